The van der Waals surface area contributed by atoms with Crippen molar-refractivity contribution in [3.05, 3.63) is 70.5 Å². The van der Waals surface area contributed by atoms with Crippen molar-refractivity contribution in [1.29, 1.82) is 0 Å². The number of carbonyl (C=O) groups excluding carboxylic acids is 1. The van der Waals surface area contributed by atoms with Crippen LogP contribution >= 0.6 is 0 Å². The van der Waals surface area contributed by atoms with Crippen LogP contribution in [0.25, 0.3) is 0 Å². The molecule has 0 aromatic heterocycles. The summed E-state index contributed by atoms with van der Waals surface area (Å²) in [6.45, 7) is 2.71. The largest absolute Gasteiger partial charge is 0.303 e. The molecule has 2 nitrogen and oxygen atoms in total. The van der Waals surface area contributed by atoms with Gasteiger partial charge in [-0.2, -0.15) is 0 Å². The van der Waals surface area contributed by atoms with Gasteiger partial charge in [-0.25, -0.2) is 4.39 Å². The number of halogens is 1. The minimum absolute atomic E-state index is 0.0934. The minimum Gasteiger partial charge on any atom is -0.303 e. The van der Waals surface area contributed by atoms with Gasteiger partial charge >= 0.3 is 0 Å². The van der Waals surface area contributed by atoms with Gasteiger partial charge in [-0.1, -0.05) is 30.3 Å². The maximum Gasteiger partial charge on any atom is 0.158 e. The van der Waals surface area contributed by atoms with Crippen molar-refractivity contribution in [2.45, 2.75) is 25.8 Å². The molecule has 1 aliphatic rings. The van der Waals surface area contributed by atoms with Gasteiger partial charge in [-0.05, 0) is 47.7 Å². The highest BCUT2D eigenvalue weighted by Crippen LogP contribution is 2.25. The van der Waals surface area contributed by atoms with E-state index < -0.39 is 0 Å². The number of carbonyl (C=O) groups is 1. The smallest absolute Gasteiger partial charge is 0.158 e. The quantitative estimate of drug-likeness (QED) is 0.937. The molecule has 0 spiro atoms. The maximum atomic E-state index is 13.4. The lowest BCUT2D eigenvalue weighted by atomic mass is 9.89. The third kappa shape index (κ3) is 2.88. The molecule has 2 aromatic rings. The van der Waals surface area contributed by atoms with Crippen LogP contribution in [0.4, 0.5) is 4.39 Å². The van der Waals surface area contributed by atoms with E-state index in [1.165, 1.54) is 17.7 Å². The molecule has 1 heterocycles. The second-order valence-electron chi connectivity index (χ2n) is 5.55. The second kappa shape index (κ2) is 5.78. The molecular formula is C18H18FNO. The summed E-state index contributed by atoms with van der Waals surface area (Å²) in [6, 6.07) is 12.4. The van der Waals surface area contributed by atoms with E-state index in [9.17, 15) is 9.18 Å². The van der Waals surface area contributed by atoms with Gasteiger partial charge in [-0.3, -0.25) is 4.79 Å². The Morgan fingerprint density at radius 1 is 1.29 bits per heavy atom. The summed E-state index contributed by atoms with van der Waals surface area (Å²) >= 11 is 0. The Balaban J connectivity index is 1.85. The van der Waals surface area contributed by atoms with Gasteiger partial charge in [0, 0.05) is 13.0 Å². The summed E-state index contributed by atoms with van der Waals surface area (Å²) in [4.78, 5) is 12.6. The van der Waals surface area contributed by atoms with E-state index in [2.05, 4.69) is 11.4 Å². The zero-order chi connectivity index (χ0) is 14.8. The standard InChI is InChI=1S/C18H18FNO/c1-12-6-7-15(19)10-14(12)11-17(21)18-16-5-3-2-4-13(16)8-9-20-18/h2-7,10,18,20H,8-9,11H2,1H3. The number of rotatable bonds is 3. The van der Waals surface area contributed by atoms with Crippen LogP contribution in [0.2, 0.25) is 0 Å². The fourth-order valence-corrected chi connectivity index (χ4v) is 2.91. The average molecular weight is 283 g/mol. The summed E-state index contributed by atoms with van der Waals surface area (Å²) < 4.78 is 13.4. The van der Waals surface area contributed by atoms with Crippen LogP contribution in [-0.4, -0.2) is 12.3 Å². The van der Waals surface area contributed by atoms with Crippen molar-refractivity contribution in [3.63, 3.8) is 0 Å². The van der Waals surface area contributed by atoms with Gasteiger partial charge in [-0.15, -0.1) is 0 Å². The lowest BCUT2D eigenvalue weighted by Gasteiger charge is -2.26. The Labute approximate surface area is 124 Å². The van der Waals surface area contributed by atoms with E-state index in [0.717, 1.165) is 29.7 Å². The van der Waals surface area contributed by atoms with E-state index in [0.29, 0.717) is 0 Å². The van der Waals surface area contributed by atoms with Gasteiger partial charge < -0.3 is 5.32 Å². The van der Waals surface area contributed by atoms with Crippen molar-refractivity contribution >= 4 is 5.78 Å². The molecule has 0 radical (unpaired) electrons. The summed E-state index contributed by atoms with van der Waals surface area (Å²) in [6.07, 6.45) is 1.20. The van der Waals surface area contributed by atoms with Crippen LogP contribution in [0.5, 0.6) is 0 Å². The molecule has 0 aliphatic carbocycles. The van der Waals surface area contributed by atoms with E-state index in [-0.39, 0.29) is 24.1 Å². The van der Waals surface area contributed by atoms with Crippen molar-refractivity contribution in [3.8, 4) is 0 Å². The normalized spacial score (nSPS) is 17.3. The highest BCUT2D eigenvalue weighted by atomic mass is 19.1. The van der Waals surface area contributed by atoms with Crippen LogP contribution in [0.1, 0.15) is 28.3 Å². The lowest BCUT2D eigenvalue weighted by molar-refractivity contribution is -0.120. The molecule has 0 fully saturated rings. The summed E-state index contributed by atoms with van der Waals surface area (Å²) in [5.41, 5.74) is 4.01. The highest BCUT2D eigenvalue weighted by molar-refractivity contribution is 5.88. The molecular weight excluding hydrogens is 265 g/mol. The van der Waals surface area contributed by atoms with E-state index in [1.54, 1.807) is 6.07 Å². The van der Waals surface area contributed by atoms with E-state index in [1.807, 2.05) is 25.1 Å². The fourth-order valence-electron chi connectivity index (χ4n) is 2.91. The average Bonchev–Trinajstić information content (AvgIpc) is 2.50. The summed E-state index contributed by atoms with van der Waals surface area (Å²) in [5, 5.41) is 3.29. The molecule has 0 saturated carbocycles. The third-order valence-electron chi connectivity index (χ3n) is 4.11. The first kappa shape index (κ1) is 14.0. The van der Waals surface area contributed by atoms with Crippen LogP contribution in [0.15, 0.2) is 42.5 Å². The van der Waals surface area contributed by atoms with Gasteiger partial charge in [0.25, 0.3) is 0 Å². The summed E-state index contributed by atoms with van der Waals surface area (Å²) in [5.74, 6) is -0.198. The second-order valence-corrected chi connectivity index (χ2v) is 5.55. The van der Waals surface area contributed by atoms with Gasteiger partial charge in [0.1, 0.15) is 5.82 Å². The van der Waals surface area contributed by atoms with Gasteiger partial charge in [0.2, 0.25) is 0 Å². The molecule has 0 saturated heterocycles. The number of fused-ring (bicyclic) bond motifs is 1. The molecule has 108 valence electrons. The number of aryl methyl sites for hydroxylation is 1. The molecule has 21 heavy (non-hydrogen) atoms. The molecule has 2 aromatic carbocycles. The molecule has 1 unspecified atom stereocenters. The molecule has 3 heteroatoms. The highest BCUT2D eigenvalue weighted by Gasteiger charge is 2.25. The molecule has 1 aliphatic heterocycles. The van der Waals surface area contributed by atoms with Crippen molar-refractivity contribution in [2.75, 3.05) is 6.54 Å². The first-order valence-corrected chi connectivity index (χ1v) is 7.24. The Hall–Kier alpha value is -2.00. The molecule has 0 amide bonds. The first-order chi connectivity index (χ1) is 10.1. The Bertz CT molecular complexity index is 681. The van der Waals surface area contributed by atoms with Gasteiger partial charge in [0.05, 0.1) is 6.04 Å². The SMILES string of the molecule is Cc1ccc(F)cc1CC(=O)C1NCCc2ccccc21. The Kier molecular flexibility index (Phi) is 3.84. The number of benzene rings is 2. The van der Waals surface area contributed by atoms with Crippen molar-refractivity contribution in [2.24, 2.45) is 0 Å². The predicted molar refractivity (Wildman–Crippen MR) is 80.7 cm³/mol. The van der Waals surface area contributed by atoms with E-state index in [4.69, 9.17) is 0 Å². The van der Waals surface area contributed by atoms with Crippen LogP contribution < -0.4 is 5.32 Å². The number of nitrogens with one attached hydrogen (secondary N) is 1. The van der Waals surface area contributed by atoms with Crippen LogP contribution in [0.3, 0.4) is 0 Å². The summed E-state index contributed by atoms with van der Waals surface area (Å²) in [7, 11) is 0. The molecule has 1 atom stereocenters. The Morgan fingerprint density at radius 3 is 2.95 bits per heavy atom. The number of Topliss-reactive ketones (excluding diaryl/α,β-unsaturated/α-hetero) is 1. The third-order valence-corrected chi connectivity index (χ3v) is 4.11. The zero-order valence-corrected chi connectivity index (χ0v) is 12.0. The topological polar surface area (TPSA) is 29.1 Å². The predicted octanol–water partition coefficient (Wildman–Crippen LogP) is 3.13. The Morgan fingerprint density at radius 2 is 2.10 bits per heavy atom. The van der Waals surface area contributed by atoms with Gasteiger partial charge in [0.15, 0.2) is 5.78 Å². The first-order valence-electron chi connectivity index (χ1n) is 7.24. The van der Waals surface area contributed by atoms with Crippen LogP contribution in [0, 0.1) is 12.7 Å². The molecule has 3 rings (SSSR count). The minimum atomic E-state index is -0.291. The van der Waals surface area contributed by atoms with E-state index >= 15 is 0 Å². The fraction of sp³-hybridized carbons (Fsp3) is 0.278. The number of hydrogen-bond donors (Lipinski definition) is 1. The zero-order valence-electron chi connectivity index (χ0n) is 12.0. The number of hydrogen-bond acceptors (Lipinski definition) is 2. The number of ketones is 1. The monoisotopic (exact) mass is 283 g/mol. The molecule has 1 N–H and O–H groups in total. The van der Waals surface area contributed by atoms with Crippen molar-refractivity contribution < 1.29 is 9.18 Å². The maximum absolute atomic E-state index is 13.4. The molecule has 0 bridgehead atoms. The van der Waals surface area contributed by atoms with Crippen molar-refractivity contribution in [1.82, 2.24) is 5.32 Å². The lowest BCUT2D eigenvalue weighted by Crippen LogP contribution is -2.35. The van der Waals surface area contributed by atoms with Crippen LogP contribution in [-0.2, 0) is 17.6 Å².